The number of halogens is 1. The molecule has 0 saturated carbocycles. The number of rotatable bonds is 8. The molecule has 0 spiro atoms. The summed E-state index contributed by atoms with van der Waals surface area (Å²) in [5.41, 5.74) is 0.877. The first-order valence-electron chi connectivity index (χ1n) is 8.14. The first kappa shape index (κ1) is 17.8. The molecule has 0 saturated heterocycles. The molecular weight excluding hydrogens is 307 g/mol. The number of carbonyl (C=O) groups is 1. The number of nitrogens with zero attached hydrogens (tertiary/aromatic N) is 2. The quantitative estimate of drug-likeness (QED) is 0.781. The minimum atomic E-state index is -0.291. The molecule has 2 N–H and O–H groups in total. The molecule has 1 amide bonds. The molecular formula is C18H23FN4O. The van der Waals surface area contributed by atoms with Gasteiger partial charge in [-0.05, 0) is 30.4 Å². The number of carbonyl (C=O) groups excluding carboxylic acids is 1. The van der Waals surface area contributed by atoms with Crippen molar-refractivity contribution in [1.29, 1.82) is 0 Å². The van der Waals surface area contributed by atoms with E-state index in [9.17, 15) is 9.18 Å². The molecule has 5 nitrogen and oxygen atoms in total. The molecule has 6 heteroatoms. The van der Waals surface area contributed by atoms with Crippen molar-refractivity contribution in [3.8, 4) is 0 Å². The van der Waals surface area contributed by atoms with E-state index in [0.717, 1.165) is 13.0 Å². The van der Waals surface area contributed by atoms with Gasteiger partial charge in [-0.15, -0.1) is 0 Å². The van der Waals surface area contributed by atoms with E-state index < -0.39 is 0 Å². The zero-order valence-corrected chi connectivity index (χ0v) is 14.1. The largest absolute Gasteiger partial charge is 0.370 e. The summed E-state index contributed by atoms with van der Waals surface area (Å²) >= 11 is 0. The molecule has 0 atom stereocenters. The Morgan fingerprint density at radius 3 is 2.75 bits per heavy atom. The maximum atomic E-state index is 13.5. The van der Waals surface area contributed by atoms with E-state index in [1.807, 2.05) is 0 Å². The highest BCUT2D eigenvalue weighted by Gasteiger charge is 2.09. The van der Waals surface area contributed by atoms with Crippen molar-refractivity contribution in [3.63, 3.8) is 0 Å². The van der Waals surface area contributed by atoms with Crippen LogP contribution < -0.4 is 10.6 Å². The Morgan fingerprint density at radius 2 is 2.00 bits per heavy atom. The molecule has 0 radical (unpaired) electrons. The molecule has 2 aromatic rings. The minimum absolute atomic E-state index is 0.259. The molecule has 2 rings (SSSR count). The highest BCUT2D eigenvalue weighted by molar-refractivity contribution is 5.92. The van der Waals surface area contributed by atoms with Gasteiger partial charge in [0.25, 0.3) is 5.91 Å². The van der Waals surface area contributed by atoms with Crippen molar-refractivity contribution < 1.29 is 9.18 Å². The van der Waals surface area contributed by atoms with Crippen LogP contribution in [-0.2, 0) is 6.42 Å². The van der Waals surface area contributed by atoms with Crippen LogP contribution in [0.25, 0.3) is 0 Å². The summed E-state index contributed by atoms with van der Waals surface area (Å²) in [4.78, 5) is 20.2. The average molecular weight is 330 g/mol. The average Bonchev–Trinajstić information content (AvgIpc) is 2.56. The lowest BCUT2D eigenvalue weighted by Crippen LogP contribution is -2.27. The van der Waals surface area contributed by atoms with Gasteiger partial charge in [0.1, 0.15) is 23.7 Å². The Hall–Kier alpha value is -2.50. The molecule has 128 valence electrons. The standard InChI is InChI=1S/C18H23FN4O/c1-13(2)7-9-20-17-11-16(22-12-23-17)18(24)21-10-8-14-5-3-4-6-15(14)19/h3-6,11-13H,7-10H2,1-2H3,(H,21,24)(H,20,22,23). The first-order chi connectivity index (χ1) is 11.6. The summed E-state index contributed by atoms with van der Waals surface area (Å²) in [7, 11) is 0. The van der Waals surface area contributed by atoms with Crippen molar-refractivity contribution in [2.75, 3.05) is 18.4 Å². The summed E-state index contributed by atoms with van der Waals surface area (Å²) in [6, 6.07) is 8.17. The molecule has 0 aliphatic rings. The van der Waals surface area contributed by atoms with Crippen LogP contribution >= 0.6 is 0 Å². The number of anilines is 1. The number of aromatic nitrogens is 2. The third kappa shape index (κ3) is 5.61. The molecule has 1 heterocycles. The second-order valence-corrected chi connectivity index (χ2v) is 6.00. The van der Waals surface area contributed by atoms with Crippen LogP contribution in [0.4, 0.5) is 10.2 Å². The Balaban J connectivity index is 1.84. The third-order valence-electron chi connectivity index (χ3n) is 3.57. The van der Waals surface area contributed by atoms with E-state index in [4.69, 9.17) is 0 Å². The van der Waals surface area contributed by atoms with Crippen molar-refractivity contribution in [2.24, 2.45) is 5.92 Å². The molecule has 0 bridgehead atoms. The van der Waals surface area contributed by atoms with Gasteiger partial charge in [0, 0.05) is 19.2 Å². The van der Waals surface area contributed by atoms with Crippen molar-refractivity contribution in [2.45, 2.75) is 26.7 Å². The van der Waals surface area contributed by atoms with Crippen LogP contribution in [0.3, 0.4) is 0 Å². The van der Waals surface area contributed by atoms with Gasteiger partial charge in [-0.1, -0.05) is 32.0 Å². The predicted octanol–water partition coefficient (Wildman–Crippen LogP) is 3.05. The van der Waals surface area contributed by atoms with E-state index in [1.54, 1.807) is 24.3 Å². The maximum absolute atomic E-state index is 13.5. The van der Waals surface area contributed by atoms with E-state index in [-0.39, 0.29) is 11.7 Å². The summed E-state index contributed by atoms with van der Waals surface area (Å²) in [5, 5.41) is 5.93. The van der Waals surface area contributed by atoms with Crippen LogP contribution in [0.5, 0.6) is 0 Å². The Labute approximate surface area is 141 Å². The van der Waals surface area contributed by atoms with Crippen molar-refractivity contribution in [3.05, 3.63) is 53.7 Å². The summed E-state index contributed by atoms with van der Waals surface area (Å²) in [6.07, 6.45) is 2.82. The van der Waals surface area contributed by atoms with Gasteiger partial charge in [-0.25, -0.2) is 14.4 Å². The van der Waals surface area contributed by atoms with Crippen molar-refractivity contribution in [1.82, 2.24) is 15.3 Å². The van der Waals surface area contributed by atoms with Crippen molar-refractivity contribution >= 4 is 11.7 Å². The van der Waals surface area contributed by atoms with Gasteiger partial charge in [0.15, 0.2) is 0 Å². The fourth-order valence-electron chi connectivity index (χ4n) is 2.17. The fourth-order valence-corrected chi connectivity index (χ4v) is 2.17. The molecule has 0 unspecified atom stereocenters. The Bertz CT molecular complexity index is 676. The minimum Gasteiger partial charge on any atom is -0.370 e. The van der Waals surface area contributed by atoms with Crippen LogP contribution in [0.2, 0.25) is 0 Å². The number of benzene rings is 1. The lowest BCUT2D eigenvalue weighted by Gasteiger charge is -2.09. The summed E-state index contributed by atoms with van der Waals surface area (Å²) < 4.78 is 13.5. The van der Waals surface area contributed by atoms with Gasteiger partial charge >= 0.3 is 0 Å². The summed E-state index contributed by atoms with van der Waals surface area (Å²) in [5.74, 6) is 0.677. The second-order valence-electron chi connectivity index (χ2n) is 6.00. The van der Waals surface area contributed by atoms with E-state index in [0.29, 0.717) is 36.0 Å². The Kier molecular flexibility index (Phi) is 6.66. The maximum Gasteiger partial charge on any atom is 0.270 e. The predicted molar refractivity (Wildman–Crippen MR) is 92.4 cm³/mol. The van der Waals surface area contributed by atoms with Gasteiger partial charge < -0.3 is 10.6 Å². The number of hydrogen-bond acceptors (Lipinski definition) is 4. The zero-order valence-electron chi connectivity index (χ0n) is 14.1. The van der Waals surface area contributed by atoms with E-state index >= 15 is 0 Å². The van der Waals surface area contributed by atoms with Crippen LogP contribution in [-0.4, -0.2) is 29.0 Å². The molecule has 1 aromatic heterocycles. The topological polar surface area (TPSA) is 66.9 Å². The molecule has 0 aliphatic carbocycles. The number of nitrogens with one attached hydrogen (secondary N) is 2. The van der Waals surface area contributed by atoms with E-state index in [2.05, 4.69) is 34.4 Å². The number of amides is 1. The molecule has 1 aromatic carbocycles. The number of hydrogen-bond donors (Lipinski definition) is 2. The molecule has 0 fully saturated rings. The highest BCUT2D eigenvalue weighted by Crippen LogP contribution is 2.08. The summed E-state index contributed by atoms with van der Waals surface area (Å²) in [6.45, 7) is 5.44. The zero-order chi connectivity index (χ0) is 17.4. The van der Waals surface area contributed by atoms with Gasteiger partial charge in [0.05, 0.1) is 0 Å². The fraction of sp³-hybridized carbons (Fsp3) is 0.389. The highest BCUT2D eigenvalue weighted by atomic mass is 19.1. The molecule has 0 aliphatic heterocycles. The Morgan fingerprint density at radius 1 is 1.21 bits per heavy atom. The third-order valence-corrected chi connectivity index (χ3v) is 3.57. The normalized spacial score (nSPS) is 10.7. The molecule has 24 heavy (non-hydrogen) atoms. The van der Waals surface area contributed by atoms with Gasteiger partial charge in [0.2, 0.25) is 0 Å². The van der Waals surface area contributed by atoms with Crippen LogP contribution in [0.1, 0.15) is 36.3 Å². The lowest BCUT2D eigenvalue weighted by atomic mass is 10.1. The smallest absolute Gasteiger partial charge is 0.270 e. The first-order valence-corrected chi connectivity index (χ1v) is 8.14. The SMILES string of the molecule is CC(C)CCNc1cc(C(=O)NCCc2ccccc2F)ncn1. The lowest BCUT2D eigenvalue weighted by molar-refractivity contribution is 0.0949. The van der Waals surface area contributed by atoms with Crippen LogP contribution in [0.15, 0.2) is 36.7 Å². The van der Waals surface area contributed by atoms with Crippen LogP contribution in [0, 0.1) is 11.7 Å². The van der Waals surface area contributed by atoms with E-state index in [1.165, 1.54) is 12.4 Å². The monoisotopic (exact) mass is 330 g/mol. The van der Waals surface area contributed by atoms with Gasteiger partial charge in [-0.3, -0.25) is 4.79 Å². The van der Waals surface area contributed by atoms with Gasteiger partial charge in [-0.2, -0.15) is 0 Å². The second kappa shape index (κ2) is 8.96.